The van der Waals surface area contributed by atoms with Crippen molar-refractivity contribution in [3.05, 3.63) is 90.3 Å². The highest BCUT2D eigenvalue weighted by molar-refractivity contribution is 6.04. The Bertz CT molecular complexity index is 1140. The normalized spacial score (nSPS) is 10.3. The Hall–Kier alpha value is -4.11. The molecular weight excluding hydrogens is 338 g/mol. The SMILES string of the molecule is N#Cc1cn2c(Nc3ccc(NC(=O)c4ccccc4)cc3)cccc2n1. The van der Waals surface area contributed by atoms with E-state index in [1.807, 2.05) is 71.1 Å². The van der Waals surface area contributed by atoms with Gasteiger partial charge < -0.3 is 10.6 Å². The molecule has 0 unspecified atom stereocenters. The molecule has 0 atom stereocenters. The Balaban J connectivity index is 1.51. The van der Waals surface area contributed by atoms with Crippen molar-refractivity contribution < 1.29 is 4.79 Å². The van der Waals surface area contributed by atoms with Crippen molar-refractivity contribution in [1.82, 2.24) is 9.38 Å². The summed E-state index contributed by atoms with van der Waals surface area (Å²) in [7, 11) is 0. The number of hydrogen-bond acceptors (Lipinski definition) is 4. The Morgan fingerprint density at radius 2 is 1.67 bits per heavy atom. The summed E-state index contributed by atoms with van der Waals surface area (Å²) < 4.78 is 1.82. The molecule has 1 amide bonds. The van der Waals surface area contributed by atoms with E-state index < -0.39 is 0 Å². The van der Waals surface area contributed by atoms with Crippen LogP contribution in [0, 0.1) is 11.3 Å². The van der Waals surface area contributed by atoms with Gasteiger partial charge in [0.05, 0.1) is 0 Å². The van der Waals surface area contributed by atoms with Crippen molar-refractivity contribution in [3.63, 3.8) is 0 Å². The largest absolute Gasteiger partial charge is 0.341 e. The van der Waals surface area contributed by atoms with Crippen LogP contribution in [-0.2, 0) is 0 Å². The minimum absolute atomic E-state index is 0.150. The second-order valence-corrected chi connectivity index (χ2v) is 5.90. The predicted molar refractivity (Wildman–Crippen MR) is 104 cm³/mol. The van der Waals surface area contributed by atoms with Crippen molar-refractivity contribution in [3.8, 4) is 6.07 Å². The summed E-state index contributed by atoms with van der Waals surface area (Å²) in [6, 6.07) is 24.2. The smallest absolute Gasteiger partial charge is 0.255 e. The Labute approximate surface area is 155 Å². The highest BCUT2D eigenvalue weighted by Crippen LogP contribution is 2.21. The fourth-order valence-corrected chi connectivity index (χ4v) is 2.74. The first-order valence-electron chi connectivity index (χ1n) is 8.35. The number of carbonyl (C=O) groups excluding carboxylic acids is 1. The zero-order chi connectivity index (χ0) is 18.6. The average Bonchev–Trinajstić information content (AvgIpc) is 3.15. The van der Waals surface area contributed by atoms with E-state index in [1.54, 1.807) is 18.3 Å². The number of aromatic nitrogens is 2. The monoisotopic (exact) mass is 353 g/mol. The summed E-state index contributed by atoms with van der Waals surface area (Å²) >= 11 is 0. The minimum Gasteiger partial charge on any atom is -0.341 e. The molecule has 0 spiro atoms. The van der Waals surface area contributed by atoms with E-state index in [9.17, 15) is 4.79 Å². The lowest BCUT2D eigenvalue weighted by molar-refractivity contribution is 0.102. The molecule has 2 N–H and O–H groups in total. The van der Waals surface area contributed by atoms with Gasteiger partial charge in [0.2, 0.25) is 0 Å². The topological polar surface area (TPSA) is 82.2 Å². The molecule has 2 aromatic carbocycles. The van der Waals surface area contributed by atoms with E-state index in [-0.39, 0.29) is 5.91 Å². The molecule has 4 aromatic rings. The van der Waals surface area contributed by atoms with E-state index in [4.69, 9.17) is 5.26 Å². The first-order valence-corrected chi connectivity index (χ1v) is 8.35. The molecule has 0 saturated carbocycles. The number of pyridine rings is 1. The molecule has 0 aliphatic carbocycles. The Kier molecular flexibility index (Phi) is 4.25. The molecule has 27 heavy (non-hydrogen) atoms. The lowest BCUT2D eigenvalue weighted by Crippen LogP contribution is -2.11. The molecule has 0 radical (unpaired) electrons. The summed E-state index contributed by atoms with van der Waals surface area (Å²) in [6.45, 7) is 0. The molecule has 2 aromatic heterocycles. The van der Waals surface area contributed by atoms with Gasteiger partial charge in [-0.1, -0.05) is 24.3 Å². The number of anilines is 3. The maximum absolute atomic E-state index is 12.2. The standard InChI is InChI=1S/C21H15N5O/c22-13-18-14-26-19(7-4-8-20(26)24-18)23-16-9-11-17(12-10-16)25-21(27)15-5-2-1-3-6-15/h1-12,14,23H,(H,25,27). The van der Waals surface area contributed by atoms with Gasteiger partial charge >= 0.3 is 0 Å². The number of nitrogens with zero attached hydrogens (tertiary/aromatic N) is 3. The second kappa shape index (κ2) is 7.02. The van der Waals surface area contributed by atoms with Gasteiger partial charge in [0, 0.05) is 23.1 Å². The number of imidazole rings is 1. The Morgan fingerprint density at radius 1 is 0.926 bits per heavy atom. The van der Waals surface area contributed by atoms with Crippen molar-refractivity contribution >= 4 is 28.7 Å². The second-order valence-electron chi connectivity index (χ2n) is 5.90. The molecule has 0 fully saturated rings. The molecule has 0 aliphatic heterocycles. The third-order valence-corrected chi connectivity index (χ3v) is 4.06. The molecule has 0 bridgehead atoms. The lowest BCUT2D eigenvalue weighted by atomic mass is 10.2. The molecule has 2 heterocycles. The van der Waals surface area contributed by atoms with Crippen LogP contribution in [0.1, 0.15) is 16.1 Å². The van der Waals surface area contributed by atoms with E-state index >= 15 is 0 Å². The Morgan fingerprint density at radius 3 is 2.41 bits per heavy atom. The molecule has 4 rings (SSSR count). The molecule has 130 valence electrons. The van der Waals surface area contributed by atoms with Crippen LogP contribution in [-0.4, -0.2) is 15.3 Å². The van der Waals surface area contributed by atoms with Crippen LogP contribution in [0.3, 0.4) is 0 Å². The number of benzene rings is 2. The number of nitriles is 1. The van der Waals surface area contributed by atoms with E-state index in [0.29, 0.717) is 22.6 Å². The molecule has 6 nitrogen and oxygen atoms in total. The summed E-state index contributed by atoms with van der Waals surface area (Å²) in [5.41, 5.74) is 3.24. The van der Waals surface area contributed by atoms with Crippen LogP contribution in [0.15, 0.2) is 79.0 Å². The van der Waals surface area contributed by atoms with Crippen LogP contribution in [0.4, 0.5) is 17.2 Å². The van der Waals surface area contributed by atoms with E-state index in [2.05, 4.69) is 15.6 Å². The molecule has 0 saturated heterocycles. The number of rotatable bonds is 4. The van der Waals surface area contributed by atoms with Gasteiger partial charge in [-0.05, 0) is 48.5 Å². The number of amides is 1. The number of fused-ring (bicyclic) bond motifs is 1. The zero-order valence-electron chi connectivity index (χ0n) is 14.3. The van der Waals surface area contributed by atoms with Crippen LogP contribution in [0.25, 0.3) is 5.65 Å². The molecule has 0 aliphatic rings. The van der Waals surface area contributed by atoms with Gasteiger partial charge in [0.25, 0.3) is 5.91 Å². The quantitative estimate of drug-likeness (QED) is 0.576. The van der Waals surface area contributed by atoms with E-state index in [1.165, 1.54) is 0 Å². The fraction of sp³-hybridized carbons (Fsp3) is 0. The maximum Gasteiger partial charge on any atom is 0.255 e. The average molecular weight is 353 g/mol. The lowest BCUT2D eigenvalue weighted by Gasteiger charge is -2.10. The predicted octanol–water partition coefficient (Wildman–Crippen LogP) is 4.20. The minimum atomic E-state index is -0.150. The van der Waals surface area contributed by atoms with Gasteiger partial charge in [0.15, 0.2) is 5.69 Å². The van der Waals surface area contributed by atoms with Gasteiger partial charge in [-0.3, -0.25) is 9.20 Å². The summed E-state index contributed by atoms with van der Waals surface area (Å²) in [5, 5.41) is 15.2. The van der Waals surface area contributed by atoms with Gasteiger partial charge in [-0.2, -0.15) is 5.26 Å². The van der Waals surface area contributed by atoms with Crippen LogP contribution >= 0.6 is 0 Å². The zero-order valence-corrected chi connectivity index (χ0v) is 14.3. The van der Waals surface area contributed by atoms with Crippen molar-refractivity contribution in [2.24, 2.45) is 0 Å². The summed E-state index contributed by atoms with van der Waals surface area (Å²) in [4.78, 5) is 16.4. The third kappa shape index (κ3) is 3.48. The van der Waals surface area contributed by atoms with Gasteiger partial charge in [-0.25, -0.2) is 4.98 Å². The van der Waals surface area contributed by atoms with Gasteiger partial charge in [-0.15, -0.1) is 0 Å². The molecular formula is C21H15N5O. The first kappa shape index (κ1) is 16.4. The fourth-order valence-electron chi connectivity index (χ4n) is 2.74. The van der Waals surface area contributed by atoms with Crippen molar-refractivity contribution in [2.45, 2.75) is 0 Å². The van der Waals surface area contributed by atoms with E-state index in [0.717, 1.165) is 11.5 Å². The number of nitrogens with one attached hydrogen (secondary N) is 2. The van der Waals surface area contributed by atoms with Crippen LogP contribution < -0.4 is 10.6 Å². The van der Waals surface area contributed by atoms with Gasteiger partial charge in [0.1, 0.15) is 17.5 Å². The van der Waals surface area contributed by atoms with Crippen LogP contribution in [0.2, 0.25) is 0 Å². The summed E-state index contributed by atoms with van der Waals surface area (Å²) in [6.07, 6.45) is 1.69. The number of carbonyl (C=O) groups is 1. The van der Waals surface area contributed by atoms with Crippen molar-refractivity contribution in [1.29, 1.82) is 5.26 Å². The first-order chi connectivity index (χ1) is 13.2. The van der Waals surface area contributed by atoms with Crippen LogP contribution in [0.5, 0.6) is 0 Å². The number of hydrogen-bond donors (Lipinski definition) is 2. The highest BCUT2D eigenvalue weighted by atomic mass is 16.1. The van der Waals surface area contributed by atoms with Crippen molar-refractivity contribution in [2.75, 3.05) is 10.6 Å². The molecule has 6 heteroatoms. The highest BCUT2D eigenvalue weighted by Gasteiger charge is 2.07. The maximum atomic E-state index is 12.2. The summed E-state index contributed by atoms with van der Waals surface area (Å²) in [5.74, 6) is 0.645. The third-order valence-electron chi connectivity index (χ3n) is 4.06.